The number of aromatic nitrogens is 4. The first kappa shape index (κ1) is 25.4. The Morgan fingerprint density at radius 2 is 1.97 bits per heavy atom. The molecular weight excluding hydrogens is 482 g/mol. The van der Waals surface area contributed by atoms with Crippen molar-refractivity contribution in [2.75, 3.05) is 6.61 Å². The number of carboxylic acid groups (broad SMARTS) is 1. The second kappa shape index (κ2) is 11.4. The van der Waals surface area contributed by atoms with Crippen molar-refractivity contribution >= 4 is 22.8 Å². The van der Waals surface area contributed by atoms with Crippen LogP contribution in [0.25, 0.3) is 10.9 Å². The molecule has 0 aliphatic heterocycles. The first-order chi connectivity index (χ1) is 18.5. The molecular formula is C29H31N5O4. The van der Waals surface area contributed by atoms with Gasteiger partial charge in [0.2, 0.25) is 5.91 Å². The topological polar surface area (TPSA) is 119 Å². The van der Waals surface area contributed by atoms with Crippen LogP contribution in [0.4, 0.5) is 0 Å². The van der Waals surface area contributed by atoms with Gasteiger partial charge in [0.05, 0.1) is 30.8 Å². The molecule has 1 amide bonds. The fourth-order valence-electron chi connectivity index (χ4n) is 4.93. The molecule has 0 spiro atoms. The molecule has 1 aromatic carbocycles. The third-order valence-corrected chi connectivity index (χ3v) is 6.84. The number of nitrogens with one attached hydrogen (secondary N) is 1. The van der Waals surface area contributed by atoms with E-state index in [0.717, 1.165) is 47.2 Å². The predicted molar refractivity (Wildman–Crippen MR) is 142 cm³/mol. The third-order valence-electron chi connectivity index (χ3n) is 6.84. The Bertz CT molecular complexity index is 1460. The standard InChI is InChI=1S/C29H31N5O4/c1-19(35)31-16-20-12-22(17-30-15-20)28(14-29(36)37)34-27-9-8-25(13-23(27)18-32-34)38-11-10-24-7-6-21-4-2-3-5-26(21)33-24/h6-9,12-13,15,17-18,28H,2-5,10-11,14,16H2,1H3,(H,31,35)(H,36,37). The van der Waals surface area contributed by atoms with Crippen LogP contribution < -0.4 is 10.1 Å². The van der Waals surface area contributed by atoms with Crippen molar-refractivity contribution in [2.45, 2.75) is 58.0 Å². The molecule has 4 aromatic rings. The number of carbonyl (C=O) groups is 2. The Morgan fingerprint density at radius 1 is 1.11 bits per heavy atom. The van der Waals surface area contributed by atoms with Crippen molar-refractivity contribution in [3.8, 4) is 5.75 Å². The van der Waals surface area contributed by atoms with Gasteiger partial charge in [0, 0.05) is 49.1 Å². The fourth-order valence-corrected chi connectivity index (χ4v) is 4.93. The maximum atomic E-state index is 11.7. The molecule has 1 aliphatic rings. The summed E-state index contributed by atoms with van der Waals surface area (Å²) in [5, 5.41) is 17.7. The minimum atomic E-state index is -0.943. The quantitative estimate of drug-likeness (QED) is 0.329. The molecule has 2 N–H and O–H groups in total. The van der Waals surface area contributed by atoms with Gasteiger partial charge in [0.1, 0.15) is 5.75 Å². The Balaban J connectivity index is 1.31. The summed E-state index contributed by atoms with van der Waals surface area (Å²) in [5.41, 5.74) is 5.94. The van der Waals surface area contributed by atoms with Gasteiger partial charge in [-0.25, -0.2) is 0 Å². The van der Waals surface area contributed by atoms with E-state index in [0.29, 0.717) is 18.7 Å². The SMILES string of the molecule is CC(=O)NCc1cncc(C(CC(=O)O)n2ncc3cc(OCCc4ccc5c(n4)CCCC5)ccc32)c1. The Morgan fingerprint density at radius 3 is 2.82 bits per heavy atom. The number of rotatable bonds is 10. The number of hydrogen-bond donors (Lipinski definition) is 2. The number of carbonyl (C=O) groups excluding carboxylic acids is 1. The average Bonchev–Trinajstić information content (AvgIpc) is 3.33. The summed E-state index contributed by atoms with van der Waals surface area (Å²) in [4.78, 5) is 32.1. The summed E-state index contributed by atoms with van der Waals surface area (Å²) in [5.74, 6) is -0.363. The van der Waals surface area contributed by atoms with Gasteiger partial charge in [-0.1, -0.05) is 6.07 Å². The largest absolute Gasteiger partial charge is 0.493 e. The van der Waals surface area contributed by atoms with Gasteiger partial charge in [-0.2, -0.15) is 5.10 Å². The summed E-state index contributed by atoms with van der Waals surface area (Å²) in [6.45, 7) is 2.28. The number of pyridine rings is 2. The number of benzene rings is 1. The van der Waals surface area contributed by atoms with Crippen molar-refractivity contribution in [1.29, 1.82) is 0 Å². The first-order valence-corrected chi connectivity index (χ1v) is 12.9. The van der Waals surface area contributed by atoms with E-state index in [-0.39, 0.29) is 12.3 Å². The Labute approximate surface area is 220 Å². The highest BCUT2D eigenvalue weighted by Gasteiger charge is 2.21. The van der Waals surface area contributed by atoms with Crippen LogP contribution in [-0.2, 0) is 35.4 Å². The lowest BCUT2D eigenvalue weighted by atomic mass is 9.96. The molecule has 9 heteroatoms. The Hall–Kier alpha value is -4.27. The number of amides is 1. The fraction of sp³-hybridized carbons (Fsp3) is 0.345. The van der Waals surface area contributed by atoms with E-state index >= 15 is 0 Å². The van der Waals surface area contributed by atoms with Gasteiger partial charge in [-0.3, -0.25) is 24.2 Å². The molecule has 3 aromatic heterocycles. The lowest BCUT2D eigenvalue weighted by Gasteiger charge is -2.18. The van der Waals surface area contributed by atoms with Crippen LogP contribution in [0.1, 0.15) is 60.3 Å². The molecule has 5 rings (SSSR count). The second-order valence-electron chi connectivity index (χ2n) is 9.67. The van der Waals surface area contributed by atoms with Gasteiger partial charge < -0.3 is 15.2 Å². The molecule has 38 heavy (non-hydrogen) atoms. The minimum Gasteiger partial charge on any atom is -0.493 e. The van der Waals surface area contributed by atoms with Gasteiger partial charge in [0.15, 0.2) is 0 Å². The maximum Gasteiger partial charge on any atom is 0.305 e. The van der Waals surface area contributed by atoms with E-state index in [1.165, 1.54) is 31.0 Å². The first-order valence-electron chi connectivity index (χ1n) is 12.9. The summed E-state index contributed by atoms with van der Waals surface area (Å²) in [6, 6.07) is 11.3. The highest BCUT2D eigenvalue weighted by atomic mass is 16.5. The summed E-state index contributed by atoms with van der Waals surface area (Å²) < 4.78 is 7.74. The number of hydrogen-bond acceptors (Lipinski definition) is 6. The minimum absolute atomic E-state index is 0.146. The molecule has 1 atom stereocenters. The molecule has 1 aliphatic carbocycles. The van der Waals surface area contributed by atoms with Crippen molar-refractivity contribution in [3.05, 3.63) is 83.1 Å². The van der Waals surface area contributed by atoms with Crippen LogP contribution in [-0.4, -0.2) is 43.3 Å². The maximum absolute atomic E-state index is 11.7. The summed E-state index contributed by atoms with van der Waals surface area (Å²) in [7, 11) is 0. The number of nitrogens with zero attached hydrogens (tertiary/aromatic N) is 4. The number of ether oxygens (including phenoxy) is 1. The summed E-state index contributed by atoms with van der Waals surface area (Å²) in [6.07, 6.45) is 10.2. The van der Waals surface area contributed by atoms with Crippen LogP contribution in [0, 0.1) is 0 Å². The van der Waals surface area contributed by atoms with E-state index in [1.54, 1.807) is 23.3 Å². The van der Waals surface area contributed by atoms with Crippen LogP contribution >= 0.6 is 0 Å². The predicted octanol–water partition coefficient (Wildman–Crippen LogP) is 4.03. The van der Waals surface area contributed by atoms with E-state index in [4.69, 9.17) is 9.72 Å². The molecule has 1 unspecified atom stereocenters. The molecule has 0 bridgehead atoms. The molecule has 3 heterocycles. The molecule has 0 saturated heterocycles. The lowest BCUT2D eigenvalue weighted by Crippen LogP contribution is -2.20. The van der Waals surface area contributed by atoms with Crippen molar-refractivity contribution in [2.24, 2.45) is 0 Å². The number of aliphatic carboxylic acids is 1. The average molecular weight is 514 g/mol. The monoisotopic (exact) mass is 513 g/mol. The number of carboxylic acids is 1. The van der Waals surface area contributed by atoms with Crippen LogP contribution in [0.2, 0.25) is 0 Å². The zero-order chi connectivity index (χ0) is 26.5. The molecule has 0 fully saturated rings. The highest BCUT2D eigenvalue weighted by Crippen LogP contribution is 2.29. The van der Waals surface area contributed by atoms with Gasteiger partial charge in [0.25, 0.3) is 0 Å². The summed E-state index contributed by atoms with van der Waals surface area (Å²) >= 11 is 0. The zero-order valence-electron chi connectivity index (χ0n) is 21.4. The van der Waals surface area contributed by atoms with E-state index in [9.17, 15) is 14.7 Å². The molecule has 0 saturated carbocycles. The van der Waals surface area contributed by atoms with Gasteiger partial charge in [-0.15, -0.1) is 0 Å². The van der Waals surface area contributed by atoms with Gasteiger partial charge in [-0.05, 0) is 72.7 Å². The molecule has 0 radical (unpaired) electrons. The number of aryl methyl sites for hydroxylation is 2. The number of fused-ring (bicyclic) bond motifs is 2. The molecule has 9 nitrogen and oxygen atoms in total. The van der Waals surface area contributed by atoms with Crippen LogP contribution in [0.15, 0.2) is 55.0 Å². The Kier molecular flexibility index (Phi) is 7.62. The van der Waals surface area contributed by atoms with Crippen molar-refractivity contribution < 1.29 is 19.4 Å². The van der Waals surface area contributed by atoms with Crippen LogP contribution in [0.3, 0.4) is 0 Å². The highest BCUT2D eigenvalue weighted by molar-refractivity contribution is 5.81. The lowest BCUT2D eigenvalue weighted by molar-refractivity contribution is -0.137. The van der Waals surface area contributed by atoms with Crippen molar-refractivity contribution in [1.82, 2.24) is 25.1 Å². The third kappa shape index (κ3) is 5.99. The van der Waals surface area contributed by atoms with Crippen LogP contribution in [0.5, 0.6) is 5.75 Å². The van der Waals surface area contributed by atoms with Gasteiger partial charge >= 0.3 is 5.97 Å². The zero-order valence-corrected chi connectivity index (χ0v) is 21.4. The van der Waals surface area contributed by atoms with E-state index in [2.05, 4.69) is 27.5 Å². The van der Waals surface area contributed by atoms with E-state index in [1.807, 2.05) is 24.3 Å². The normalized spacial score (nSPS) is 13.6. The molecule has 196 valence electrons. The smallest absolute Gasteiger partial charge is 0.305 e. The van der Waals surface area contributed by atoms with E-state index < -0.39 is 12.0 Å². The van der Waals surface area contributed by atoms with Crippen molar-refractivity contribution in [3.63, 3.8) is 0 Å². The second-order valence-corrected chi connectivity index (χ2v) is 9.67.